The number of nitrogens with zero attached hydrogens (tertiary/aromatic N) is 1. The fourth-order valence-electron chi connectivity index (χ4n) is 3.03. The number of thiocarbonyl (C=S) groups is 1. The molecule has 2 bridgehead atoms. The van der Waals surface area contributed by atoms with Gasteiger partial charge in [0.15, 0.2) is 0 Å². The van der Waals surface area contributed by atoms with E-state index in [1.807, 2.05) is 0 Å². The van der Waals surface area contributed by atoms with E-state index in [1.165, 1.54) is 18.4 Å². The van der Waals surface area contributed by atoms with Crippen molar-refractivity contribution in [2.75, 3.05) is 0 Å². The van der Waals surface area contributed by atoms with Gasteiger partial charge in [-0.15, -0.1) is 0 Å². The fourth-order valence-corrected chi connectivity index (χ4v) is 3.17. The first-order valence-corrected chi connectivity index (χ1v) is 5.47. The lowest BCUT2D eigenvalue weighted by molar-refractivity contribution is 0.601. The van der Waals surface area contributed by atoms with Gasteiger partial charge in [0.1, 0.15) is 0 Å². The lowest BCUT2D eigenvalue weighted by Crippen LogP contribution is -2.13. The molecule has 2 aliphatic carbocycles. The van der Waals surface area contributed by atoms with E-state index in [-0.39, 0.29) is 0 Å². The van der Waals surface area contributed by atoms with E-state index in [9.17, 15) is 0 Å². The van der Waals surface area contributed by atoms with Crippen LogP contribution in [-0.2, 0) is 0 Å². The average molecular weight is 201 g/mol. The van der Waals surface area contributed by atoms with Gasteiger partial charge in [0.25, 0.3) is 0 Å². The highest BCUT2D eigenvalue weighted by atomic mass is 32.1. The summed E-state index contributed by atoms with van der Waals surface area (Å²) in [5.41, 5.74) is 3.05. The van der Waals surface area contributed by atoms with E-state index in [4.69, 9.17) is 0 Å². The van der Waals surface area contributed by atoms with Crippen LogP contribution in [0.1, 0.15) is 35.8 Å². The van der Waals surface area contributed by atoms with Crippen LogP contribution in [0.3, 0.4) is 0 Å². The highest BCUT2D eigenvalue weighted by Gasteiger charge is 2.43. The van der Waals surface area contributed by atoms with Crippen molar-refractivity contribution in [3.63, 3.8) is 0 Å². The van der Waals surface area contributed by atoms with E-state index in [1.54, 1.807) is 5.56 Å². The normalized spacial score (nSPS) is 32.4. The van der Waals surface area contributed by atoms with Crippen LogP contribution >= 0.6 is 12.2 Å². The second-order valence-electron chi connectivity index (χ2n) is 4.19. The summed E-state index contributed by atoms with van der Waals surface area (Å²) >= 11 is 4.69. The Balaban J connectivity index is 2.06. The van der Waals surface area contributed by atoms with E-state index >= 15 is 0 Å². The third kappa shape index (κ3) is 1.01. The summed E-state index contributed by atoms with van der Waals surface area (Å²) in [6.07, 6.45) is 2.44. The van der Waals surface area contributed by atoms with Crippen molar-refractivity contribution >= 4 is 17.4 Å². The van der Waals surface area contributed by atoms with Gasteiger partial charge in [-0.25, -0.2) is 4.99 Å². The Kier molecular flexibility index (Phi) is 1.79. The first kappa shape index (κ1) is 8.34. The van der Waals surface area contributed by atoms with Crippen molar-refractivity contribution in [3.05, 3.63) is 35.4 Å². The summed E-state index contributed by atoms with van der Waals surface area (Å²) in [5, 5.41) is 2.53. The summed E-state index contributed by atoms with van der Waals surface area (Å²) in [7, 11) is 0. The molecule has 0 aromatic heterocycles. The van der Waals surface area contributed by atoms with Crippen LogP contribution in [0.15, 0.2) is 29.3 Å². The van der Waals surface area contributed by atoms with Gasteiger partial charge in [0, 0.05) is 5.92 Å². The smallest absolute Gasteiger partial charge is 0.0677 e. The van der Waals surface area contributed by atoms with Gasteiger partial charge in [0.2, 0.25) is 0 Å². The number of benzene rings is 1. The van der Waals surface area contributed by atoms with Gasteiger partial charge in [-0.2, -0.15) is 0 Å². The molecule has 0 amide bonds. The first-order chi connectivity index (χ1) is 6.90. The molecule has 1 nitrogen and oxygen atoms in total. The van der Waals surface area contributed by atoms with Crippen molar-refractivity contribution in [1.29, 1.82) is 0 Å². The monoisotopic (exact) mass is 201 g/mol. The molecule has 2 heteroatoms. The Bertz CT molecular complexity index is 420. The van der Waals surface area contributed by atoms with Gasteiger partial charge in [-0.1, -0.05) is 24.3 Å². The summed E-state index contributed by atoms with van der Waals surface area (Å²) in [6, 6.07) is 9.17. The molecule has 3 atom stereocenters. The quantitative estimate of drug-likeness (QED) is 0.502. The molecule has 1 aromatic rings. The van der Waals surface area contributed by atoms with Crippen LogP contribution in [0, 0.1) is 0 Å². The van der Waals surface area contributed by atoms with Crippen LogP contribution in [0.4, 0.5) is 0 Å². The molecule has 2 aliphatic rings. The van der Waals surface area contributed by atoms with Gasteiger partial charge < -0.3 is 0 Å². The topological polar surface area (TPSA) is 12.4 Å². The Morgan fingerprint density at radius 1 is 1.21 bits per heavy atom. The van der Waals surface area contributed by atoms with E-state index in [0.29, 0.717) is 12.0 Å². The fraction of sp³-hybridized carbons (Fsp3) is 0.417. The molecule has 3 rings (SSSR count). The molecule has 14 heavy (non-hydrogen) atoms. The van der Waals surface area contributed by atoms with Crippen molar-refractivity contribution in [3.8, 4) is 0 Å². The zero-order valence-corrected chi connectivity index (χ0v) is 8.63. The predicted octanol–water partition coefficient (Wildman–Crippen LogP) is 3.13. The van der Waals surface area contributed by atoms with Crippen molar-refractivity contribution < 1.29 is 0 Å². The molecule has 1 aromatic carbocycles. The first-order valence-electron chi connectivity index (χ1n) is 5.06. The van der Waals surface area contributed by atoms with E-state index in [2.05, 4.69) is 46.6 Å². The standard InChI is InChI=1S/C12H11NS/c14-7-13-12-6-8-5-11(12)10-4-2-1-3-9(8)10/h1-4,8,11-12H,5-6H2/t8-,11-,12+/m0/s1. The lowest BCUT2D eigenvalue weighted by atomic mass is 9.89. The molecule has 0 aliphatic heterocycles. The van der Waals surface area contributed by atoms with Crippen LogP contribution in [0.5, 0.6) is 0 Å². The molecule has 1 saturated carbocycles. The van der Waals surface area contributed by atoms with Crippen molar-refractivity contribution in [1.82, 2.24) is 0 Å². The highest BCUT2D eigenvalue weighted by Crippen LogP contribution is 2.53. The van der Waals surface area contributed by atoms with Gasteiger partial charge in [-0.3, -0.25) is 0 Å². The van der Waals surface area contributed by atoms with E-state index in [0.717, 1.165) is 5.92 Å². The average Bonchev–Trinajstić information content (AvgIpc) is 2.77. The van der Waals surface area contributed by atoms with Crippen LogP contribution in [0.2, 0.25) is 0 Å². The second kappa shape index (κ2) is 3.01. The van der Waals surface area contributed by atoms with Gasteiger partial charge in [-0.05, 0) is 42.1 Å². The molecule has 0 heterocycles. The molecular weight excluding hydrogens is 190 g/mol. The number of hydrogen-bond donors (Lipinski definition) is 0. The minimum absolute atomic E-state index is 0.410. The van der Waals surface area contributed by atoms with Gasteiger partial charge >= 0.3 is 0 Å². The molecule has 70 valence electrons. The lowest BCUT2D eigenvalue weighted by Gasteiger charge is -2.19. The summed E-state index contributed by atoms with van der Waals surface area (Å²) < 4.78 is 0. The van der Waals surface area contributed by atoms with Crippen LogP contribution < -0.4 is 0 Å². The maximum Gasteiger partial charge on any atom is 0.0677 e. The molecule has 0 spiro atoms. The highest BCUT2D eigenvalue weighted by molar-refractivity contribution is 7.78. The maximum atomic E-state index is 4.69. The minimum atomic E-state index is 0.410. The van der Waals surface area contributed by atoms with Crippen molar-refractivity contribution in [2.45, 2.75) is 30.7 Å². The number of rotatable bonds is 1. The van der Waals surface area contributed by atoms with Crippen LogP contribution in [0.25, 0.3) is 0 Å². The zero-order chi connectivity index (χ0) is 9.54. The van der Waals surface area contributed by atoms with Gasteiger partial charge in [0.05, 0.1) is 11.2 Å². The van der Waals surface area contributed by atoms with Crippen LogP contribution in [-0.4, -0.2) is 11.2 Å². The molecule has 1 fully saturated rings. The number of fused-ring (bicyclic) bond motifs is 5. The number of isothiocyanates is 1. The molecular formula is C12H11NS. The Hall–Kier alpha value is -0.980. The largest absolute Gasteiger partial charge is 0.228 e. The van der Waals surface area contributed by atoms with E-state index < -0.39 is 0 Å². The predicted molar refractivity (Wildman–Crippen MR) is 60.0 cm³/mol. The minimum Gasteiger partial charge on any atom is -0.228 e. The maximum absolute atomic E-state index is 4.69. The Morgan fingerprint density at radius 2 is 2.00 bits per heavy atom. The summed E-state index contributed by atoms with van der Waals surface area (Å²) in [4.78, 5) is 4.27. The Labute approximate surface area is 88.9 Å². The third-order valence-corrected chi connectivity index (χ3v) is 3.69. The van der Waals surface area contributed by atoms with Crippen molar-refractivity contribution in [2.24, 2.45) is 4.99 Å². The number of hydrogen-bond acceptors (Lipinski definition) is 2. The Morgan fingerprint density at radius 3 is 2.79 bits per heavy atom. The number of aliphatic imine (C=N–C) groups is 1. The summed E-state index contributed by atoms with van der Waals surface area (Å²) in [5.74, 6) is 1.35. The zero-order valence-electron chi connectivity index (χ0n) is 7.81. The second-order valence-corrected chi connectivity index (χ2v) is 4.37. The third-order valence-electron chi connectivity index (χ3n) is 3.58. The summed E-state index contributed by atoms with van der Waals surface area (Å²) in [6.45, 7) is 0. The molecule has 0 radical (unpaired) electrons. The molecule has 0 N–H and O–H groups in total. The molecule has 0 saturated heterocycles. The molecule has 0 unspecified atom stereocenters. The SMILES string of the molecule is S=C=N[C@@H]1C[C@@H]2C[C@H]1c1ccccc12.